The van der Waals surface area contributed by atoms with Gasteiger partial charge in [-0.25, -0.2) is 0 Å². The van der Waals surface area contributed by atoms with Crippen LogP contribution < -0.4 is 5.32 Å². The molecule has 0 radical (unpaired) electrons. The average Bonchev–Trinajstić information content (AvgIpc) is 3.08. The minimum absolute atomic E-state index is 0.578. The van der Waals surface area contributed by atoms with Crippen LogP contribution in [0, 0.1) is 23.2 Å². The van der Waals surface area contributed by atoms with Crippen LogP contribution in [0.4, 0.5) is 0 Å². The van der Waals surface area contributed by atoms with Gasteiger partial charge in [-0.15, -0.1) is 0 Å². The summed E-state index contributed by atoms with van der Waals surface area (Å²) in [7, 11) is 0. The van der Waals surface area contributed by atoms with Gasteiger partial charge in [-0.3, -0.25) is 0 Å². The smallest absolute Gasteiger partial charge is 0.0152 e. The third-order valence-electron chi connectivity index (χ3n) is 5.62. The molecule has 0 heterocycles. The van der Waals surface area contributed by atoms with Gasteiger partial charge < -0.3 is 5.32 Å². The highest BCUT2D eigenvalue weighted by atomic mass is 15.0. The van der Waals surface area contributed by atoms with Crippen molar-refractivity contribution in [3.05, 3.63) is 0 Å². The van der Waals surface area contributed by atoms with Crippen molar-refractivity contribution in [3.63, 3.8) is 0 Å². The van der Waals surface area contributed by atoms with Crippen molar-refractivity contribution in [3.8, 4) is 0 Å². The predicted molar refractivity (Wildman–Crippen MR) is 68.4 cm³/mol. The Morgan fingerprint density at radius 3 is 2.56 bits per heavy atom. The Labute approximate surface area is 100 Å². The van der Waals surface area contributed by atoms with Gasteiger partial charge >= 0.3 is 0 Å². The van der Waals surface area contributed by atoms with E-state index in [1.54, 1.807) is 0 Å². The number of nitrogens with one attached hydrogen (secondary N) is 1. The first-order chi connectivity index (χ1) is 7.69. The first-order valence-corrected chi connectivity index (χ1v) is 7.43. The Bertz CT molecular complexity index is 254. The summed E-state index contributed by atoms with van der Waals surface area (Å²) in [6.07, 6.45) is 10.4. The zero-order valence-electron chi connectivity index (χ0n) is 11.0. The molecule has 16 heavy (non-hydrogen) atoms. The van der Waals surface area contributed by atoms with Gasteiger partial charge in [-0.1, -0.05) is 39.5 Å². The quantitative estimate of drug-likeness (QED) is 0.765. The molecular weight excluding hydrogens is 194 g/mol. The molecular formula is C15H27N. The van der Waals surface area contributed by atoms with Crippen LogP contribution >= 0.6 is 0 Å². The molecule has 0 aromatic carbocycles. The maximum absolute atomic E-state index is 3.88. The molecule has 3 aliphatic carbocycles. The van der Waals surface area contributed by atoms with Crippen LogP contribution in [0.15, 0.2) is 0 Å². The molecule has 3 atom stereocenters. The van der Waals surface area contributed by atoms with Crippen molar-refractivity contribution in [1.82, 2.24) is 5.32 Å². The fourth-order valence-corrected chi connectivity index (χ4v) is 4.41. The van der Waals surface area contributed by atoms with E-state index >= 15 is 0 Å². The average molecular weight is 221 g/mol. The second-order valence-electron chi connectivity index (χ2n) is 7.04. The fourth-order valence-electron chi connectivity index (χ4n) is 4.41. The van der Waals surface area contributed by atoms with Crippen LogP contribution in [0.3, 0.4) is 0 Å². The van der Waals surface area contributed by atoms with Crippen LogP contribution in [-0.4, -0.2) is 12.6 Å². The van der Waals surface area contributed by atoms with E-state index in [4.69, 9.17) is 0 Å². The maximum atomic E-state index is 3.88. The summed E-state index contributed by atoms with van der Waals surface area (Å²) in [4.78, 5) is 0. The second-order valence-corrected chi connectivity index (χ2v) is 7.04. The molecule has 0 saturated heterocycles. The number of rotatable bonds is 4. The number of hydrogen-bond donors (Lipinski definition) is 1. The minimum atomic E-state index is 0.578. The molecule has 1 N–H and O–H groups in total. The first kappa shape index (κ1) is 11.1. The Morgan fingerprint density at radius 1 is 1.06 bits per heavy atom. The Morgan fingerprint density at radius 2 is 1.81 bits per heavy atom. The lowest BCUT2D eigenvalue weighted by molar-refractivity contribution is -0.0873. The molecule has 92 valence electrons. The SMILES string of the molecule is CC1(C)C(NCCC2CC2)[C@@H]2CCCC[C@@H]21. The van der Waals surface area contributed by atoms with Crippen LogP contribution in [0.25, 0.3) is 0 Å². The van der Waals surface area contributed by atoms with E-state index in [1.807, 2.05) is 0 Å². The topological polar surface area (TPSA) is 12.0 Å². The molecule has 0 spiro atoms. The lowest BCUT2D eigenvalue weighted by Crippen LogP contribution is -2.64. The van der Waals surface area contributed by atoms with E-state index < -0.39 is 0 Å². The molecule has 0 bridgehead atoms. The van der Waals surface area contributed by atoms with Crippen molar-refractivity contribution in [1.29, 1.82) is 0 Å². The lowest BCUT2D eigenvalue weighted by Gasteiger charge is -2.61. The summed E-state index contributed by atoms with van der Waals surface area (Å²) in [6.45, 7) is 6.27. The highest BCUT2D eigenvalue weighted by molar-refractivity contribution is 5.08. The molecule has 3 aliphatic rings. The van der Waals surface area contributed by atoms with E-state index in [9.17, 15) is 0 Å². The van der Waals surface area contributed by atoms with Crippen molar-refractivity contribution < 1.29 is 0 Å². The lowest BCUT2D eigenvalue weighted by atomic mass is 9.48. The number of hydrogen-bond acceptors (Lipinski definition) is 1. The van der Waals surface area contributed by atoms with Gasteiger partial charge in [0.05, 0.1) is 0 Å². The zero-order chi connectivity index (χ0) is 11.2. The monoisotopic (exact) mass is 221 g/mol. The van der Waals surface area contributed by atoms with Crippen LogP contribution in [0.5, 0.6) is 0 Å². The molecule has 0 aliphatic heterocycles. The Hall–Kier alpha value is -0.0400. The molecule has 3 fully saturated rings. The third kappa shape index (κ3) is 1.81. The maximum Gasteiger partial charge on any atom is 0.0152 e. The van der Waals surface area contributed by atoms with Crippen LogP contribution in [0.2, 0.25) is 0 Å². The molecule has 1 unspecified atom stereocenters. The minimum Gasteiger partial charge on any atom is -0.313 e. The second kappa shape index (κ2) is 4.01. The molecule has 1 nitrogen and oxygen atoms in total. The molecule has 0 aromatic heterocycles. The van der Waals surface area contributed by atoms with Crippen molar-refractivity contribution in [2.24, 2.45) is 23.2 Å². The zero-order valence-corrected chi connectivity index (χ0v) is 11.0. The number of fused-ring (bicyclic) bond motifs is 1. The fraction of sp³-hybridized carbons (Fsp3) is 1.00. The molecule has 0 amide bonds. The van der Waals surface area contributed by atoms with Crippen LogP contribution in [-0.2, 0) is 0 Å². The van der Waals surface area contributed by atoms with Crippen molar-refractivity contribution in [2.45, 2.75) is 64.8 Å². The summed E-state index contributed by atoms with van der Waals surface area (Å²) >= 11 is 0. The van der Waals surface area contributed by atoms with E-state index in [0.29, 0.717) is 5.41 Å². The van der Waals surface area contributed by atoms with E-state index in [0.717, 1.165) is 23.8 Å². The largest absolute Gasteiger partial charge is 0.313 e. The Kier molecular flexibility index (Phi) is 2.78. The van der Waals surface area contributed by atoms with E-state index in [1.165, 1.54) is 51.5 Å². The molecule has 1 heteroatoms. The summed E-state index contributed by atoms with van der Waals surface area (Å²) in [6, 6.07) is 0.830. The first-order valence-electron chi connectivity index (χ1n) is 7.43. The van der Waals surface area contributed by atoms with Gasteiger partial charge in [0, 0.05) is 6.04 Å². The molecule has 3 saturated carbocycles. The molecule has 3 rings (SSSR count). The Balaban J connectivity index is 1.52. The highest BCUT2D eigenvalue weighted by Crippen LogP contribution is 2.57. The van der Waals surface area contributed by atoms with E-state index in [2.05, 4.69) is 19.2 Å². The van der Waals surface area contributed by atoms with Gasteiger partial charge in [-0.05, 0) is 49.0 Å². The highest BCUT2D eigenvalue weighted by Gasteiger charge is 2.55. The summed E-state index contributed by atoms with van der Waals surface area (Å²) in [5, 5.41) is 3.88. The van der Waals surface area contributed by atoms with Crippen molar-refractivity contribution in [2.75, 3.05) is 6.54 Å². The van der Waals surface area contributed by atoms with Gasteiger partial charge in [0.25, 0.3) is 0 Å². The summed E-state index contributed by atoms with van der Waals surface area (Å²) < 4.78 is 0. The van der Waals surface area contributed by atoms with E-state index in [-0.39, 0.29) is 0 Å². The van der Waals surface area contributed by atoms with Gasteiger partial charge in [0.1, 0.15) is 0 Å². The molecule has 0 aromatic rings. The van der Waals surface area contributed by atoms with Gasteiger partial charge in [0.15, 0.2) is 0 Å². The predicted octanol–water partition coefficient (Wildman–Crippen LogP) is 3.59. The standard InChI is InChI=1S/C15H27N/c1-15(2)13-6-4-3-5-12(13)14(15)16-10-9-11-7-8-11/h11-14,16H,3-10H2,1-2H3/t12-,13+,14?/m1/s1. The van der Waals surface area contributed by atoms with Gasteiger partial charge in [-0.2, -0.15) is 0 Å². The van der Waals surface area contributed by atoms with Crippen molar-refractivity contribution >= 4 is 0 Å². The summed E-state index contributed by atoms with van der Waals surface area (Å²) in [5.74, 6) is 3.13. The van der Waals surface area contributed by atoms with Gasteiger partial charge in [0.2, 0.25) is 0 Å². The van der Waals surface area contributed by atoms with Crippen LogP contribution in [0.1, 0.15) is 58.8 Å². The third-order valence-corrected chi connectivity index (χ3v) is 5.62. The normalized spacial score (nSPS) is 41.2. The summed E-state index contributed by atoms with van der Waals surface area (Å²) in [5.41, 5.74) is 0.578.